The molecule has 0 saturated carbocycles. The van der Waals surface area contributed by atoms with Crippen LogP contribution in [0.2, 0.25) is 0 Å². The number of hydrogen-bond acceptors (Lipinski definition) is 3. The number of H-pyrrole nitrogens is 1. The number of likely N-dealkylation sites (N-methyl/N-ethyl adjacent to an activating group) is 1. The first-order valence-electron chi connectivity index (χ1n) is 9.08. The lowest BCUT2D eigenvalue weighted by Crippen LogP contribution is -2.35. The quantitative estimate of drug-likeness (QED) is 0.867. The number of anilines is 1. The second-order valence-electron chi connectivity index (χ2n) is 7.27. The molecule has 138 valence electrons. The molecule has 3 rings (SSSR count). The Hall–Kier alpha value is -2.63. The third-order valence-electron chi connectivity index (χ3n) is 5.01. The van der Waals surface area contributed by atoms with Crippen molar-refractivity contribution in [1.82, 2.24) is 15.1 Å². The molecule has 1 fully saturated rings. The molecule has 2 heterocycles. The molecule has 0 radical (unpaired) electrons. The topological polar surface area (TPSA) is 69.3 Å². The number of aromatic nitrogens is 2. The first kappa shape index (κ1) is 18.2. The van der Waals surface area contributed by atoms with Crippen LogP contribution < -0.4 is 4.90 Å². The minimum absolute atomic E-state index is 0.0175. The summed E-state index contributed by atoms with van der Waals surface area (Å²) in [6.07, 6.45) is 4.63. The van der Waals surface area contributed by atoms with Crippen molar-refractivity contribution in [3.05, 3.63) is 47.8 Å². The molecule has 6 nitrogen and oxygen atoms in total. The summed E-state index contributed by atoms with van der Waals surface area (Å²) in [7, 11) is 1.80. The summed E-state index contributed by atoms with van der Waals surface area (Å²) in [6.45, 7) is 5.36. The van der Waals surface area contributed by atoms with Crippen LogP contribution in [0.15, 0.2) is 36.7 Å². The molecule has 0 spiro atoms. The van der Waals surface area contributed by atoms with E-state index in [0.29, 0.717) is 19.0 Å². The van der Waals surface area contributed by atoms with Gasteiger partial charge in [-0.15, -0.1) is 0 Å². The molecule has 1 atom stereocenters. The molecule has 0 bridgehead atoms. The molecular weight excluding hydrogens is 328 g/mol. The molecule has 1 N–H and O–H groups in total. The van der Waals surface area contributed by atoms with Gasteiger partial charge in [0.1, 0.15) is 0 Å². The monoisotopic (exact) mass is 354 g/mol. The lowest BCUT2D eigenvalue weighted by Gasteiger charge is -2.21. The predicted molar refractivity (Wildman–Crippen MR) is 101 cm³/mol. The Kier molecular flexibility index (Phi) is 5.40. The Balaban J connectivity index is 1.60. The van der Waals surface area contributed by atoms with Crippen LogP contribution in [-0.4, -0.2) is 47.0 Å². The summed E-state index contributed by atoms with van der Waals surface area (Å²) in [5.74, 6) is 0.227. The molecule has 1 saturated heterocycles. The number of aromatic amines is 1. The van der Waals surface area contributed by atoms with E-state index in [1.54, 1.807) is 23.0 Å². The van der Waals surface area contributed by atoms with E-state index in [-0.39, 0.29) is 24.2 Å². The summed E-state index contributed by atoms with van der Waals surface area (Å²) in [4.78, 5) is 28.6. The van der Waals surface area contributed by atoms with Crippen LogP contribution in [-0.2, 0) is 16.0 Å². The Morgan fingerprint density at radius 1 is 1.35 bits per heavy atom. The zero-order valence-corrected chi connectivity index (χ0v) is 15.6. The van der Waals surface area contributed by atoms with Crippen molar-refractivity contribution < 1.29 is 9.59 Å². The maximum atomic E-state index is 12.7. The molecule has 1 aromatic carbocycles. The third kappa shape index (κ3) is 3.95. The molecule has 26 heavy (non-hydrogen) atoms. The van der Waals surface area contributed by atoms with E-state index in [0.717, 1.165) is 17.7 Å². The van der Waals surface area contributed by atoms with Gasteiger partial charge in [-0.3, -0.25) is 14.7 Å². The van der Waals surface area contributed by atoms with Crippen molar-refractivity contribution in [3.8, 4) is 0 Å². The Morgan fingerprint density at radius 2 is 2.08 bits per heavy atom. The van der Waals surface area contributed by atoms with Crippen LogP contribution in [0.25, 0.3) is 0 Å². The maximum absolute atomic E-state index is 12.7. The smallest absolute Gasteiger partial charge is 0.227 e. The third-order valence-corrected chi connectivity index (χ3v) is 5.01. The number of carbonyl (C=O) groups excluding carboxylic acids is 2. The van der Waals surface area contributed by atoms with Gasteiger partial charge in [-0.05, 0) is 35.6 Å². The number of benzene rings is 1. The van der Waals surface area contributed by atoms with Gasteiger partial charge in [0.05, 0.1) is 12.1 Å². The SMILES string of the molecule is CC(C)c1ccc(N2C[C@@H](C(=O)N(C)CCc3cn[nH]c3)CC2=O)cc1. The van der Waals surface area contributed by atoms with Gasteiger partial charge in [0, 0.05) is 38.4 Å². The summed E-state index contributed by atoms with van der Waals surface area (Å²) in [5, 5.41) is 6.69. The standard InChI is InChI=1S/C20H26N4O2/c1-14(2)16-4-6-18(7-5-16)24-13-17(10-19(24)25)20(26)23(3)9-8-15-11-21-22-12-15/h4-7,11-12,14,17H,8-10,13H2,1-3H3,(H,21,22)/t17-/m0/s1. The highest BCUT2D eigenvalue weighted by Gasteiger charge is 2.36. The molecule has 1 aliphatic heterocycles. The van der Waals surface area contributed by atoms with Crippen LogP contribution in [0.5, 0.6) is 0 Å². The fourth-order valence-corrected chi connectivity index (χ4v) is 3.29. The van der Waals surface area contributed by atoms with Crippen LogP contribution >= 0.6 is 0 Å². The first-order valence-corrected chi connectivity index (χ1v) is 9.08. The number of amides is 2. The number of nitrogens with zero attached hydrogens (tertiary/aromatic N) is 3. The molecule has 2 amide bonds. The van der Waals surface area contributed by atoms with E-state index in [2.05, 4.69) is 36.2 Å². The van der Waals surface area contributed by atoms with Crippen LogP contribution in [0.4, 0.5) is 5.69 Å². The van der Waals surface area contributed by atoms with Crippen LogP contribution in [0.1, 0.15) is 37.3 Å². The molecule has 1 aromatic heterocycles. The van der Waals surface area contributed by atoms with E-state index in [1.807, 2.05) is 18.3 Å². The average Bonchev–Trinajstić information content (AvgIpc) is 3.28. The van der Waals surface area contributed by atoms with Crippen LogP contribution in [0, 0.1) is 5.92 Å². The molecule has 0 unspecified atom stereocenters. The first-order chi connectivity index (χ1) is 12.5. The zero-order chi connectivity index (χ0) is 18.7. The highest BCUT2D eigenvalue weighted by Crippen LogP contribution is 2.27. The van der Waals surface area contributed by atoms with Crippen molar-refractivity contribution >= 4 is 17.5 Å². The van der Waals surface area contributed by atoms with E-state index in [9.17, 15) is 9.59 Å². The molecule has 2 aromatic rings. The minimum atomic E-state index is -0.276. The van der Waals surface area contributed by atoms with Gasteiger partial charge in [-0.2, -0.15) is 5.10 Å². The second-order valence-corrected chi connectivity index (χ2v) is 7.27. The van der Waals surface area contributed by atoms with Crippen LogP contribution in [0.3, 0.4) is 0 Å². The van der Waals surface area contributed by atoms with Crippen molar-refractivity contribution in [1.29, 1.82) is 0 Å². The maximum Gasteiger partial charge on any atom is 0.227 e. The van der Waals surface area contributed by atoms with Gasteiger partial charge in [-0.25, -0.2) is 0 Å². The van der Waals surface area contributed by atoms with Gasteiger partial charge in [0.15, 0.2) is 0 Å². The fourth-order valence-electron chi connectivity index (χ4n) is 3.29. The van der Waals surface area contributed by atoms with Gasteiger partial charge in [0.2, 0.25) is 11.8 Å². The van der Waals surface area contributed by atoms with Crippen molar-refractivity contribution in [2.75, 3.05) is 25.0 Å². The summed E-state index contributed by atoms with van der Waals surface area (Å²) < 4.78 is 0. The van der Waals surface area contributed by atoms with Crippen molar-refractivity contribution in [3.63, 3.8) is 0 Å². The Labute approximate surface area is 154 Å². The summed E-state index contributed by atoms with van der Waals surface area (Å²) in [5.41, 5.74) is 3.18. The predicted octanol–water partition coefficient (Wildman–Crippen LogP) is 2.59. The largest absolute Gasteiger partial charge is 0.345 e. The number of hydrogen-bond donors (Lipinski definition) is 1. The van der Waals surface area contributed by atoms with Gasteiger partial charge in [-0.1, -0.05) is 26.0 Å². The van der Waals surface area contributed by atoms with Gasteiger partial charge < -0.3 is 9.80 Å². The molecular formula is C20H26N4O2. The van der Waals surface area contributed by atoms with E-state index in [4.69, 9.17) is 0 Å². The molecule has 6 heteroatoms. The normalized spacial score (nSPS) is 17.2. The Bertz CT molecular complexity index is 753. The summed E-state index contributed by atoms with van der Waals surface area (Å²) >= 11 is 0. The second kappa shape index (κ2) is 7.72. The van der Waals surface area contributed by atoms with E-state index in [1.165, 1.54) is 5.56 Å². The van der Waals surface area contributed by atoms with Gasteiger partial charge >= 0.3 is 0 Å². The lowest BCUT2D eigenvalue weighted by molar-refractivity contribution is -0.134. The highest BCUT2D eigenvalue weighted by atomic mass is 16.2. The Morgan fingerprint density at radius 3 is 2.69 bits per heavy atom. The number of nitrogens with one attached hydrogen (secondary N) is 1. The number of carbonyl (C=O) groups is 2. The van der Waals surface area contributed by atoms with Gasteiger partial charge in [0.25, 0.3) is 0 Å². The average molecular weight is 354 g/mol. The van der Waals surface area contributed by atoms with E-state index >= 15 is 0 Å². The number of rotatable bonds is 6. The van der Waals surface area contributed by atoms with E-state index < -0.39 is 0 Å². The fraction of sp³-hybridized carbons (Fsp3) is 0.450. The molecule has 0 aliphatic carbocycles. The highest BCUT2D eigenvalue weighted by molar-refractivity contribution is 6.00. The van der Waals surface area contributed by atoms with Crippen molar-refractivity contribution in [2.45, 2.75) is 32.6 Å². The molecule has 1 aliphatic rings. The minimum Gasteiger partial charge on any atom is -0.345 e. The van der Waals surface area contributed by atoms with Crippen molar-refractivity contribution in [2.24, 2.45) is 5.92 Å². The zero-order valence-electron chi connectivity index (χ0n) is 15.6. The lowest BCUT2D eigenvalue weighted by atomic mass is 10.0. The summed E-state index contributed by atoms with van der Waals surface area (Å²) in [6, 6.07) is 8.06.